The number of aromatic carboxylic acids is 1. The molecule has 1 aromatic carbocycles. The van der Waals surface area contributed by atoms with Crippen molar-refractivity contribution in [2.75, 3.05) is 0 Å². The van der Waals surface area contributed by atoms with Crippen LogP contribution in [0.4, 0.5) is 0 Å². The first kappa shape index (κ1) is 19.1. The van der Waals surface area contributed by atoms with Gasteiger partial charge in [0.15, 0.2) is 0 Å². The average molecular weight is 288 g/mol. The fourth-order valence-electron chi connectivity index (χ4n) is 2.07. The van der Waals surface area contributed by atoms with Crippen molar-refractivity contribution in [1.82, 2.24) is 0 Å². The van der Waals surface area contributed by atoms with Crippen LogP contribution in [0, 0.1) is 0 Å². The summed E-state index contributed by atoms with van der Waals surface area (Å²) < 4.78 is 0. The summed E-state index contributed by atoms with van der Waals surface area (Å²) >= 11 is 0. The monoisotopic (exact) mass is 288 g/mol. The summed E-state index contributed by atoms with van der Waals surface area (Å²) in [5.41, 5.74) is 0.939. The van der Waals surface area contributed by atoms with Gasteiger partial charge in [-0.25, -0.2) is 4.79 Å². The van der Waals surface area contributed by atoms with Crippen molar-refractivity contribution in [1.29, 1.82) is 0 Å². The third-order valence-electron chi connectivity index (χ3n) is 3.11. The van der Waals surface area contributed by atoms with Gasteiger partial charge in [0.25, 0.3) is 0 Å². The average Bonchev–Trinajstić information content (AvgIpc) is 2.35. The molecule has 0 saturated carbocycles. The van der Waals surface area contributed by atoms with Crippen molar-refractivity contribution in [3.8, 4) is 5.75 Å². The van der Waals surface area contributed by atoms with Gasteiger partial charge < -0.3 is 10.2 Å². The molecule has 1 rings (SSSR count). The molecule has 4 heteroatoms. The summed E-state index contributed by atoms with van der Waals surface area (Å²) in [5.74, 6) is -1.24. The van der Waals surface area contributed by atoms with Crippen molar-refractivity contribution in [3.63, 3.8) is 0 Å². The number of unbranched alkanes of at least 4 members (excludes halogenated alkanes) is 5. The van der Waals surface area contributed by atoms with Crippen molar-refractivity contribution in [2.24, 2.45) is 0 Å². The van der Waals surface area contributed by atoms with Gasteiger partial charge in [-0.2, -0.15) is 0 Å². The fraction of sp³-hybridized carbons (Fsp3) is 0.533. The Morgan fingerprint density at radius 2 is 1.79 bits per heavy atom. The third kappa shape index (κ3) is 7.47. The molecule has 0 aromatic heterocycles. The minimum atomic E-state index is -1.01. The summed E-state index contributed by atoms with van der Waals surface area (Å²) in [6, 6.07) is 4.31. The maximum absolute atomic E-state index is 11.1. The number of hydrogen-bond acceptors (Lipinski definition) is 2. The summed E-state index contributed by atoms with van der Waals surface area (Å²) in [6.45, 7) is 2.18. The van der Waals surface area contributed by atoms with Crippen molar-refractivity contribution in [3.05, 3.63) is 29.3 Å². The van der Waals surface area contributed by atoms with E-state index in [0.29, 0.717) is 0 Å². The van der Waals surface area contributed by atoms with Crippen LogP contribution < -0.4 is 56.5 Å². The topological polar surface area (TPSA) is 60.4 Å². The van der Waals surface area contributed by atoms with Gasteiger partial charge in [-0.15, -0.1) is 5.75 Å². The Labute approximate surface area is 157 Å². The predicted molar refractivity (Wildman–Crippen MR) is 69.9 cm³/mol. The number of rotatable bonds is 8. The quantitative estimate of drug-likeness (QED) is 0.555. The van der Waals surface area contributed by atoms with Crippen LogP contribution in [-0.2, 0) is 6.42 Å². The van der Waals surface area contributed by atoms with E-state index < -0.39 is 5.97 Å². The first-order chi connectivity index (χ1) is 8.65. The molecule has 0 aliphatic carbocycles. The van der Waals surface area contributed by atoms with Crippen LogP contribution in [0.25, 0.3) is 0 Å². The Bertz CT molecular complexity index is 391. The minimum absolute atomic E-state index is 0. The van der Waals surface area contributed by atoms with Crippen LogP contribution >= 0.6 is 0 Å². The van der Waals surface area contributed by atoms with Gasteiger partial charge >= 0.3 is 57.4 Å². The van der Waals surface area contributed by atoms with Crippen LogP contribution in [-0.4, -0.2) is 11.1 Å². The van der Waals surface area contributed by atoms with Gasteiger partial charge in [-0.3, -0.25) is 0 Å². The number of aryl methyl sites for hydroxylation is 1. The fourth-order valence-corrected chi connectivity index (χ4v) is 2.07. The molecule has 1 aromatic rings. The second-order valence-corrected chi connectivity index (χ2v) is 4.64. The summed E-state index contributed by atoms with van der Waals surface area (Å²) in [6.07, 6.45) is 7.81. The van der Waals surface area contributed by atoms with E-state index in [2.05, 4.69) is 6.92 Å². The Balaban J connectivity index is 0.00000324. The van der Waals surface area contributed by atoms with E-state index in [4.69, 9.17) is 5.11 Å². The maximum Gasteiger partial charge on any atom is 1.00 e. The van der Waals surface area contributed by atoms with Crippen LogP contribution in [0.2, 0.25) is 0 Å². The molecular formula is C15H21KO3. The second-order valence-electron chi connectivity index (χ2n) is 4.64. The molecule has 0 amide bonds. The van der Waals surface area contributed by atoms with E-state index in [-0.39, 0.29) is 62.7 Å². The van der Waals surface area contributed by atoms with Crippen LogP contribution in [0.3, 0.4) is 0 Å². The second kappa shape index (κ2) is 10.9. The molecule has 0 aliphatic heterocycles. The van der Waals surface area contributed by atoms with E-state index in [0.717, 1.165) is 24.8 Å². The molecule has 0 bridgehead atoms. The van der Waals surface area contributed by atoms with Crippen molar-refractivity contribution < 1.29 is 66.4 Å². The Hall–Kier alpha value is 0.126. The van der Waals surface area contributed by atoms with Crippen LogP contribution in [0.1, 0.15) is 61.4 Å². The zero-order valence-corrected chi connectivity index (χ0v) is 15.1. The first-order valence-corrected chi connectivity index (χ1v) is 6.68. The molecule has 0 radical (unpaired) electrons. The van der Waals surface area contributed by atoms with Crippen molar-refractivity contribution in [2.45, 2.75) is 51.9 Å². The molecule has 0 saturated heterocycles. The molecule has 0 heterocycles. The Kier molecular flexibility index (Phi) is 10.9. The molecule has 100 valence electrons. The molecular weight excluding hydrogens is 267 g/mol. The number of carboxylic acids is 1. The van der Waals surface area contributed by atoms with Gasteiger partial charge in [-0.05, 0) is 18.4 Å². The number of carboxylic acid groups (broad SMARTS) is 1. The number of carbonyl (C=O) groups is 1. The zero-order valence-electron chi connectivity index (χ0n) is 11.9. The van der Waals surface area contributed by atoms with Gasteiger partial charge in [0.1, 0.15) is 0 Å². The molecule has 3 nitrogen and oxygen atoms in total. The number of benzene rings is 1. The first-order valence-electron chi connectivity index (χ1n) is 6.68. The van der Waals surface area contributed by atoms with Crippen LogP contribution in [0.5, 0.6) is 5.75 Å². The van der Waals surface area contributed by atoms with Gasteiger partial charge in [0.2, 0.25) is 0 Å². The molecule has 0 fully saturated rings. The van der Waals surface area contributed by atoms with E-state index in [1.807, 2.05) is 0 Å². The maximum atomic E-state index is 11.1. The molecule has 0 atom stereocenters. The van der Waals surface area contributed by atoms with E-state index in [1.165, 1.54) is 37.8 Å². The number of hydrogen-bond donors (Lipinski definition) is 1. The summed E-state index contributed by atoms with van der Waals surface area (Å²) in [4.78, 5) is 11.0. The van der Waals surface area contributed by atoms with E-state index in [1.54, 1.807) is 6.07 Å². The normalized spacial score (nSPS) is 9.95. The molecule has 0 unspecified atom stereocenters. The Morgan fingerprint density at radius 1 is 1.16 bits per heavy atom. The summed E-state index contributed by atoms with van der Waals surface area (Å²) in [7, 11) is 0. The van der Waals surface area contributed by atoms with Crippen molar-refractivity contribution >= 4 is 5.97 Å². The standard InChI is InChI=1S/C15H22O3.K/c1-2-3-4-5-6-7-8-12-9-10-13(16)11-14(12)15(17)18;/h9-11,16H,2-8H2,1H3,(H,17,18);/q;+1/p-1. The molecule has 0 aliphatic rings. The molecule has 1 N–H and O–H groups in total. The molecule has 0 spiro atoms. The predicted octanol–water partition coefficient (Wildman–Crippen LogP) is 0.365. The summed E-state index contributed by atoms with van der Waals surface area (Å²) in [5, 5.41) is 20.2. The zero-order chi connectivity index (χ0) is 13.4. The third-order valence-corrected chi connectivity index (χ3v) is 3.11. The Morgan fingerprint density at radius 3 is 2.42 bits per heavy atom. The van der Waals surface area contributed by atoms with Gasteiger partial charge in [0, 0.05) is 0 Å². The van der Waals surface area contributed by atoms with Gasteiger partial charge in [-0.1, -0.05) is 57.2 Å². The SMILES string of the molecule is CCCCCCCCc1ccc([O-])cc1C(=O)O.[K+]. The van der Waals surface area contributed by atoms with E-state index in [9.17, 15) is 9.90 Å². The van der Waals surface area contributed by atoms with E-state index >= 15 is 0 Å². The minimum Gasteiger partial charge on any atom is -0.872 e. The van der Waals surface area contributed by atoms with Gasteiger partial charge in [0.05, 0.1) is 5.56 Å². The molecule has 19 heavy (non-hydrogen) atoms. The van der Waals surface area contributed by atoms with Crippen LogP contribution in [0.15, 0.2) is 18.2 Å². The largest absolute Gasteiger partial charge is 1.00 e. The smallest absolute Gasteiger partial charge is 0.872 e.